The average Bonchev–Trinajstić information content (AvgIpc) is 2.99. The predicted octanol–water partition coefficient (Wildman–Crippen LogP) is 4.79. The Balaban J connectivity index is 2.05. The van der Waals surface area contributed by atoms with Crippen molar-refractivity contribution in [2.45, 2.75) is 6.92 Å². The first kappa shape index (κ1) is 15.9. The molecule has 118 valence electrons. The topological polar surface area (TPSA) is 43.4 Å². The summed E-state index contributed by atoms with van der Waals surface area (Å²) >= 11 is -1.16. The second-order valence-corrected chi connectivity index (χ2v) is 6.66. The molecular formula is C17H13FNO2S2-. The van der Waals surface area contributed by atoms with Gasteiger partial charge in [-0.2, -0.15) is 0 Å². The highest BCUT2D eigenvalue weighted by Crippen LogP contribution is 2.37. The molecular weight excluding hydrogens is 333 g/mol. The van der Waals surface area contributed by atoms with Crippen molar-refractivity contribution in [1.82, 2.24) is 0 Å². The Labute approximate surface area is 140 Å². The van der Waals surface area contributed by atoms with E-state index in [1.807, 2.05) is 19.1 Å². The molecule has 0 bridgehead atoms. The largest absolute Gasteiger partial charge is 0.755 e. The summed E-state index contributed by atoms with van der Waals surface area (Å²) < 4.78 is 38.6. The SMILES string of the molecule is Cc1ccccc1N(c1csc(-c2ccccc2F)c1)S(=O)[O-]. The summed E-state index contributed by atoms with van der Waals surface area (Å²) in [7, 11) is 0. The highest BCUT2D eigenvalue weighted by atomic mass is 32.2. The molecule has 1 unspecified atom stereocenters. The molecule has 23 heavy (non-hydrogen) atoms. The van der Waals surface area contributed by atoms with Crippen LogP contribution in [0.5, 0.6) is 0 Å². The van der Waals surface area contributed by atoms with Gasteiger partial charge in [-0.05, 0) is 30.7 Å². The van der Waals surface area contributed by atoms with E-state index in [9.17, 15) is 13.2 Å². The van der Waals surface area contributed by atoms with Crippen LogP contribution in [0, 0.1) is 12.7 Å². The van der Waals surface area contributed by atoms with Crippen LogP contribution in [0.4, 0.5) is 15.8 Å². The molecule has 3 nitrogen and oxygen atoms in total. The van der Waals surface area contributed by atoms with Crippen molar-refractivity contribution in [2.24, 2.45) is 0 Å². The lowest BCUT2D eigenvalue weighted by molar-refractivity contribution is 0.537. The van der Waals surface area contributed by atoms with E-state index < -0.39 is 11.3 Å². The first-order chi connectivity index (χ1) is 11.1. The van der Waals surface area contributed by atoms with Gasteiger partial charge in [-0.1, -0.05) is 36.4 Å². The molecule has 0 aliphatic rings. The molecule has 3 aromatic rings. The molecule has 2 aromatic carbocycles. The minimum absolute atomic E-state index is 0.327. The van der Waals surface area contributed by atoms with Crippen molar-refractivity contribution in [3.63, 3.8) is 0 Å². The van der Waals surface area contributed by atoms with Gasteiger partial charge >= 0.3 is 0 Å². The van der Waals surface area contributed by atoms with Crippen LogP contribution in [0.1, 0.15) is 5.56 Å². The highest BCUT2D eigenvalue weighted by molar-refractivity contribution is 7.81. The van der Waals surface area contributed by atoms with Crippen LogP contribution in [0.2, 0.25) is 0 Å². The quantitative estimate of drug-likeness (QED) is 0.637. The molecule has 1 heterocycles. The maximum absolute atomic E-state index is 13.9. The Morgan fingerprint density at radius 3 is 2.52 bits per heavy atom. The van der Waals surface area contributed by atoms with Crippen molar-refractivity contribution in [2.75, 3.05) is 4.31 Å². The first-order valence-electron chi connectivity index (χ1n) is 6.86. The molecule has 0 aliphatic heterocycles. The van der Waals surface area contributed by atoms with Gasteiger partial charge in [0.25, 0.3) is 0 Å². The van der Waals surface area contributed by atoms with Crippen molar-refractivity contribution in [1.29, 1.82) is 0 Å². The number of halogens is 1. The number of hydrogen-bond donors (Lipinski definition) is 0. The van der Waals surface area contributed by atoms with Gasteiger partial charge in [0, 0.05) is 15.8 Å². The Morgan fingerprint density at radius 2 is 1.83 bits per heavy atom. The van der Waals surface area contributed by atoms with Gasteiger partial charge in [0.05, 0.1) is 22.6 Å². The molecule has 0 saturated heterocycles. The van der Waals surface area contributed by atoms with Crippen molar-refractivity contribution >= 4 is 34.0 Å². The molecule has 6 heteroatoms. The standard InChI is InChI=1S/C17H14FNO2S2/c1-12-6-2-5-9-16(12)19(23(20)21)13-10-17(22-11-13)14-7-3-4-8-15(14)18/h2-11H,1H3,(H,20,21)/p-1. The van der Waals surface area contributed by atoms with Crippen LogP contribution >= 0.6 is 11.3 Å². The van der Waals surface area contributed by atoms with E-state index in [1.165, 1.54) is 21.7 Å². The van der Waals surface area contributed by atoms with E-state index in [0.29, 0.717) is 21.8 Å². The smallest absolute Gasteiger partial charge is 0.131 e. The van der Waals surface area contributed by atoms with E-state index >= 15 is 0 Å². The molecule has 0 radical (unpaired) electrons. The lowest BCUT2D eigenvalue weighted by Gasteiger charge is -2.26. The van der Waals surface area contributed by atoms with Crippen LogP contribution in [0.3, 0.4) is 0 Å². The van der Waals surface area contributed by atoms with Crippen molar-refractivity contribution in [3.8, 4) is 10.4 Å². The second kappa shape index (κ2) is 6.62. The van der Waals surface area contributed by atoms with Crippen LogP contribution in [0.15, 0.2) is 60.0 Å². The Hall–Kier alpha value is -2.02. The summed E-state index contributed by atoms with van der Waals surface area (Å²) in [5.41, 5.74) is 2.38. The summed E-state index contributed by atoms with van der Waals surface area (Å²) in [6, 6.07) is 15.4. The summed E-state index contributed by atoms with van der Waals surface area (Å²) in [5.74, 6) is -0.327. The molecule has 0 amide bonds. The van der Waals surface area contributed by atoms with Crippen LogP contribution < -0.4 is 4.31 Å². The molecule has 0 aliphatic carbocycles. The first-order valence-corrected chi connectivity index (χ1v) is 8.77. The van der Waals surface area contributed by atoms with E-state index in [0.717, 1.165) is 5.56 Å². The molecule has 0 N–H and O–H groups in total. The monoisotopic (exact) mass is 346 g/mol. The lowest BCUT2D eigenvalue weighted by atomic mass is 10.1. The van der Waals surface area contributed by atoms with Gasteiger partial charge in [0.1, 0.15) is 5.82 Å². The number of para-hydroxylation sites is 1. The third-order valence-electron chi connectivity index (χ3n) is 3.44. The maximum atomic E-state index is 13.9. The van der Waals surface area contributed by atoms with Crippen LogP contribution in [0.25, 0.3) is 10.4 Å². The van der Waals surface area contributed by atoms with E-state index in [4.69, 9.17) is 0 Å². The zero-order chi connectivity index (χ0) is 16.4. The number of rotatable bonds is 4. The number of thiophene rings is 1. The van der Waals surface area contributed by atoms with E-state index in [1.54, 1.807) is 41.8 Å². The summed E-state index contributed by atoms with van der Waals surface area (Å²) in [5, 5.41) is 1.71. The molecule has 0 spiro atoms. The Morgan fingerprint density at radius 1 is 1.13 bits per heavy atom. The molecule has 3 rings (SSSR count). The summed E-state index contributed by atoms with van der Waals surface area (Å²) in [6.07, 6.45) is 0. The lowest BCUT2D eigenvalue weighted by Crippen LogP contribution is -2.19. The molecule has 1 aromatic heterocycles. The van der Waals surface area contributed by atoms with Gasteiger partial charge in [0.15, 0.2) is 0 Å². The van der Waals surface area contributed by atoms with Gasteiger partial charge in [-0.25, -0.2) is 4.39 Å². The minimum Gasteiger partial charge on any atom is -0.755 e. The number of aryl methyl sites for hydroxylation is 1. The maximum Gasteiger partial charge on any atom is 0.131 e. The number of hydrogen-bond acceptors (Lipinski definition) is 3. The summed E-state index contributed by atoms with van der Waals surface area (Å²) in [6.45, 7) is 1.85. The molecule has 1 atom stereocenters. The van der Waals surface area contributed by atoms with Gasteiger partial charge in [-0.3, -0.25) is 8.51 Å². The van der Waals surface area contributed by atoms with Gasteiger partial charge in [-0.15, -0.1) is 11.3 Å². The van der Waals surface area contributed by atoms with E-state index in [-0.39, 0.29) is 5.82 Å². The fourth-order valence-corrected chi connectivity index (χ4v) is 3.94. The third kappa shape index (κ3) is 3.19. The summed E-state index contributed by atoms with van der Waals surface area (Å²) in [4.78, 5) is 0.683. The minimum atomic E-state index is -2.47. The Kier molecular flexibility index (Phi) is 4.56. The molecule has 0 fully saturated rings. The number of anilines is 2. The Bertz CT molecular complexity index is 863. The second-order valence-electron chi connectivity index (χ2n) is 4.95. The van der Waals surface area contributed by atoms with Crippen molar-refractivity contribution < 1.29 is 13.2 Å². The van der Waals surface area contributed by atoms with Crippen LogP contribution in [-0.2, 0) is 11.3 Å². The van der Waals surface area contributed by atoms with Crippen LogP contribution in [-0.4, -0.2) is 8.76 Å². The fourth-order valence-electron chi connectivity index (χ4n) is 2.33. The average molecular weight is 346 g/mol. The predicted molar refractivity (Wildman–Crippen MR) is 92.0 cm³/mol. The van der Waals surface area contributed by atoms with E-state index in [2.05, 4.69) is 0 Å². The fraction of sp³-hybridized carbons (Fsp3) is 0.0588. The zero-order valence-electron chi connectivity index (χ0n) is 12.2. The highest BCUT2D eigenvalue weighted by Gasteiger charge is 2.16. The van der Waals surface area contributed by atoms with Gasteiger partial charge < -0.3 is 4.55 Å². The molecule has 0 saturated carbocycles. The normalized spacial score (nSPS) is 12.1. The van der Waals surface area contributed by atoms with Crippen molar-refractivity contribution in [3.05, 3.63) is 71.4 Å². The third-order valence-corrected chi connectivity index (χ3v) is 5.10. The number of benzene rings is 2. The van der Waals surface area contributed by atoms with Gasteiger partial charge in [0.2, 0.25) is 0 Å². The zero-order valence-corrected chi connectivity index (χ0v) is 13.9. The number of nitrogens with zero attached hydrogens (tertiary/aromatic N) is 1.